The Balaban J connectivity index is 1.40. The average molecular weight is 566 g/mol. The van der Waals surface area contributed by atoms with E-state index < -0.39 is 12.0 Å². The minimum atomic E-state index is -0.633. The van der Waals surface area contributed by atoms with Gasteiger partial charge < -0.3 is 19.3 Å². The number of rotatable bonds is 6. The van der Waals surface area contributed by atoms with E-state index in [1.54, 1.807) is 37.3 Å². The molecule has 0 N–H and O–H groups in total. The molecule has 2 amide bonds. The summed E-state index contributed by atoms with van der Waals surface area (Å²) < 4.78 is 24.2. The quantitative estimate of drug-likeness (QED) is 0.301. The molecule has 2 aliphatic rings. The smallest absolute Gasteiger partial charge is 0.259 e. The molecular formula is C34H32FN3O4. The topological polar surface area (TPSA) is 62.3 Å². The first-order chi connectivity index (χ1) is 20.5. The zero-order chi connectivity index (χ0) is 29.2. The molecule has 4 aromatic carbocycles. The van der Waals surface area contributed by atoms with E-state index in [4.69, 9.17) is 9.47 Å². The van der Waals surface area contributed by atoms with Gasteiger partial charge in [-0.05, 0) is 77.9 Å². The van der Waals surface area contributed by atoms with Gasteiger partial charge in [0.1, 0.15) is 17.3 Å². The number of hydrogen-bond donors (Lipinski definition) is 0. The molecule has 2 aliphatic heterocycles. The van der Waals surface area contributed by atoms with Crippen molar-refractivity contribution in [2.24, 2.45) is 0 Å². The standard InChI is InChI=1S/C34H32FN3O4/c1-41-27-15-7-23(8-16-27)32-31(34(40)37-21-19-36(20-22-37)25-11-9-24(35)10-12-25)29-5-3-4-6-30(29)33(39)38(32)26-13-17-28(42-2)18-14-26/h3-18,31-32H,19-22H2,1-2H3/t31-,32-/m0/s1. The van der Waals surface area contributed by atoms with E-state index in [9.17, 15) is 14.0 Å². The minimum Gasteiger partial charge on any atom is -0.497 e. The number of piperazine rings is 1. The molecule has 1 saturated heterocycles. The van der Waals surface area contributed by atoms with Crippen molar-refractivity contribution in [2.45, 2.75) is 12.0 Å². The Morgan fingerprint density at radius 1 is 0.738 bits per heavy atom. The van der Waals surface area contributed by atoms with Crippen molar-refractivity contribution in [1.82, 2.24) is 4.90 Å². The first-order valence-corrected chi connectivity index (χ1v) is 14.0. The Morgan fingerprint density at radius 2 is 1.31 bits per heavy atom. The van der Waals surface area contributed by atoms with Crippen LogP contribution in [0.2, 0.25) is 0 Å². The number of fused-ring (bicyclic) bond motifs is 1. The van der Waals surface area contributed by atoms with E-state index in [-0.39, 0.29) is 17.6 Å². The Hall–Kier alpha value is -4.85. The van der Waals surface area contributed by atoms with Gasteiger partial charge in [0.15, 0.2) is 0 Å². The van der Waals surface area contributed by atoms with Gasteiger partial charge in [-0.25, -0.2) is 4.39 Å². The number of hydrogen-bond acceptors (Lipinski definition) is 5. The van der Waals surface area contributed by atoms with Gasteiger partial charge in [0.25, 0.3) is 5.91 Å². The summed E-state index contributed by atoms with van der Waals surface area (Å²) in [5.41, 5.74) is 3.67. The number of benzene rings is 4. The normalized spacial score (nSPS) is 18.5. The number of halogens is 1. The number of nitrogens with zero attached hydrogens (tertiary/aromatic N) is 3. The Bertz CT molecular complexity index is 1570. The fraction of sp³-hybridized carbons (Fsp3) is 0.235. The molecule has 0 saturated carbocycles. The van der Waals surface area contributed by atoms with Crippen molar-refractivity contribution in [3.05, 3.63) is 120 Å². The Labute approximate surface area is 244 Å². The number of anilines is 2. The molecule has 4 aromatic rings. The molecule has 7 nitrogen and oxygen atoms in total. The highest BCUT2D eigenvalue weighted by atomic mass is 19.1. The zero-order valence-corrected chi connectivity index (χ0v) is 23.6. The fourth-order valence-electron chi connectivity index (χ4n) is 6.00. The van der Waals surface area contributed by atoms with Crippen molar-refractivity contribution in [3.63, 3.8) is 0 Å². The van der Waals surface area contributed by atoms with Crippen LogP contribution in [0.15, 0.2) is 97.1 Å². The Morgan fingerprint density at radius 3 is 1.93 bits per heavy atom. The van der Waals surface area contributed by atoms with Crippen molar-refractivity contribution in [2.75, 3.05) is 50.2 Å². The van der Waals surface area contributed by atoms with Gasteiger partial charge in [0.05, 0.1) is 26.2 Å². The maximum Gasteiger partial charge on any atom is 0.259 e. The second-order valence-corrected chi connectivity index (χ2v) is 10.4. The third-order valence-corrected chi connectivity index (χ3v) is 8.20. The van der Waals surface area contributed by atoms with Gasteiger partial charge in [-0.3, -0.25) is 14.5 Å². The van der Waals surface area contributed by atoms with Gasteiger partial charge in [0.2, 0.25) is 5.91 Å². The van der Waals surface area contributed by atoms with Crippen LogP contribution in [0.1, 0.15) is 33.4 Å². The SMILES string of the molecule is COc1ccc([C@H]2[C@@H](C(=O)N3CCN(c4ccc(F)cc4)CC3)c3ccccc3C(=O)N2c2ccc(OC)cc2)cc1. The molecule has 8 heteroatoms. The predicted octanol–water partition coefficient (Wildman–Crippen LogP) is 5.68. The van der Waals surface area contributed by atoms with Crippen molar-refractivity contribution >= 4 is 23.2 Å². The summed E-state index contributed by atoms with van der Waals surface area (Å²) in [7, 11) is 3.21. The van der Waals surface area contributed by atoms with Gasteiger partial charge >= 0.3 is 0 Å². The highest BCUT2D eigenvalue weighted by Crippen LogP contribution is 2.46. The highest BCUT2D eigenvalue weighted by molar-refractivity contribution is 6.11. The van der Waals surface area contributed by atoms with E-state index in [0.29, 0.717) is 48.9 Å². The van der Waals surface area contributed by atoms with Gasteiger partial charge in [-0.15, -0.1) is 0 Å². The van der Waals surface area contributed by atoms with E-state index >= 15 is 0 Å². The van der Waals surface area contributed by atoms with E-state index in [0.717, 1.165) is 16.8 Å². The van der Waals surface area contributed by atoms with Gasteiger partial charge in [-0.2, -0.15) is 0 Å². The van der Waals surface area contributed by atoms with Crippen LogP contribution in [0.25, 0.3) is 0 Å². The van der Waals surface area contributed by atoms with E-state index in [1.807, 2.05) is 71.6 Å². The number of methoxy groups -OCH3 is 2. The molecule has 2 heterocycles. The molecule has 0 spiro atoms. The maximum atomic E-state index is 14.6. The largest absolute Gasteiger partial charge is 0.497 e. The van der Waals surface area contributed by atoms with Crippen LogP contribution >= 0.6 is 0 Å². The first kappa shape index (κ1) is 27.3. The summed E-state index contributed by atoms with van der Waals surface area (Å²) in [5.74, 6) is 0.263. The van der Waals surface area contributed by atoms with Crippen molar-refractivity contribution < 1.29 is 23.5 Å². The minimum absolute atomic E-state index is 0.0342. The lowest BCUT2D eigenvalue weighted by atomic mass is 9.78. The molecule has 0 bridgehead atoms. The summed E-state index contributed by atoms with van der Waals surface area (Å²) in [6.45, 7) is 2.28. The maximum absolute atomic E-state index is 14.6. The third kappa shape index (κ3) is 5.04. The summed E-state index contributed by atoms with van der Waals surface area (Å²) in [4.78, 5) is 34.5. The molecule has 0 aliphatic carbocycles. The lowest BCUT2D eigenvalue weighted by Crippen LogP contribution is -2.53. The predicted molar refractivity (Wildman–Crippen MR) is 160 cm³/mol. The first-order valence-electron chi connectivity index (χ1n) is 14.0. The molecule has 6 rings (SSSR count). The Kier molecular flexibility index (Phi) is 7.52. The van der Waals surface area contributed by atoms with Gasteiger partial charge in [-0.1, -0.05) is 30.3 Å². The molecular weight excluding hydrogens is 533 g/mol. The number of carbonyl (C=O) groups excluding carboxylic acids is 2. The van der Waals surface area contributed by atoms with Crippen LogP contribution in [-0.2, 0) is 4.79 Å². The lowest BCUT2D eigenvalue weighted by Gasteiger charge is -2.44. The second-order valence-electron chi connectivity index (χ2n) is 10.4. The van der Waals surface area contributed by atoms with Crippen LogP contribution in [-0.4, -0.2) is 57.1 Å². The number of amides is 2. The molecule has 0 aromatic heterocycles. The van der Waals surface area contributed by atoms with E-state index in [2.05, 4.69) is 4.90 Å². The molecule has 0 radical (unpaired) electrons. The monoisotopic (exact) mass is 565 g/mol. The number of carbonyl (C=O) groups is 2. The lowest BCUT2D eigenvalue weighted by molar-refractivity contribution is -0.133. The molecule has 42 heavy (non-hydrogen) atoms. The zero-order valence-electron chi connectivity index (χ0n) is 23.6. The third-order valence-electron chi connectivity index (χ3n) is 8.20. The van der Waals surface area contributed by atoms with Crippen molar-refractivity contribution in [1.29, 1.82) is 0 Å². The van der Waals surface area contributed by atoms with Crippen LogP contribution in [0, 0.1) is 5.82 Å². The molecule has 214 valence electrons. The fourth-order valence-corrected chi connectivity index (χ4v) is 6.00. The van der Waals surface area contributed by atoms with Crippen LogP contribution < -0.4 is 19.3 Å². The summed E-state index contributed by atoms with van der Waals surface area (Å²) in [6, 6.07) is 28.2. The average Bonchev–Trinajstić information content (AvgIpc) is 3.05. The van der Waals surface area contributed by atoms with Crippen LogP contribution in [0.5, 0.6) is 11.5 Å². The highest BCUT2D eigenvalue weighted by Gasteiger charge is 2.46. The summed E-state index contributed by atoms with van der Waals surface area (Å²) in [5, 5.41) is 0. The second kappa shape index (κ2) is 11.6. The van der Waals surface area contributed by atoms with E-state index in [1.165, 1.54) is 12.1 Å². The summed E-state index contributed by atoms with van der Waals surface area (Å²) in [6.07, 6.45) is 0. The van der Waals surface area contributed by atoms with Crippen LogP contribution in [0.4, 0.5) is 15.8 Å². The summed E-state index contributed by atoms with van der Waals surface area (Å²) >= 11 is 0. The van der Waals surface area contributed by atoms with Gasteiger partial charge in [0, 0.05) is 43.1 Å². The van der Waals surface area contributed by atoms with Crippen LogP contribution in [0.3, 0.4) is 0 Å². The molecule has 1 fully saturated rings. The molecule has 0 unspecified atom stereocenters. The molecule has 2 atom stereocenters. The number of ether oxygens (including phenoxy) is 2. The van der Waals surface area contributed by atoms with Crippen molar-refractivity contribution in [3.8, 4) is 11.5 Å².